The van der Waals surface area contributed by atoms with Gasteiger partial charge in [-0.1, -0.05) is 12.1 Å². The van der Waals surface area contributed by atoms with Gasteiger partial charge in [0.15, 0.2) is 11.5 Å². The molecule has 0 aliphatic carbocycles. The molecule has 0 bridgehead atoms. The SMILES string of the molecule is COc1cccc(CN2CCN[C@@H](C)C2)c1OC(F)F. The highest BCUT2D eigenvalue weighted by Crippen LogP contribution is 2.33. The van der Waals surface area contributed by atoms with Crippen LogP contribution in [0.2, 0.25) is 0 Å². The maximum atomic E-state index is 12.6. The fourth-order valence-corrected chi connectivity index (χ4v) is 2.47. The number of methoxy groups -OCH3 is 1. The van der Waals surface area contributed by atoms with E-state index in [1.165, 1.54) is 7.11 Å². The van der Waals surface area contributed by atoms with Crippen LogP contribution in [0.25, 0.3) is 0 Å². The Morgan fingerprint density at radius 2 is 2.25 bits per heavy atom. The van der Waals surface area contributed by atoms with Crippen molar-refractivity contribution < 1.29 is 18.3 Å². The number of piperazine rings is 1. The summed E-state index contributed by atoms with van der Waals surface area (Å²) in [5.74, 6) is 0.474. The lowest BCUT2D eigenvalue weighted by molar-refractivity contribution is -0.0522. The average molecular weight is 286 g/mol. The molecule has 2 rings (SSSR count). The Kier molecular flexibility index (Phi) is 5.14. The smallest absolute Gasteiger partial charge is 0.387 e. The average Bonchev–Trinajstić information content (AvgIpc) is 2.40. The topological polar surface area (TPSA) is 33.7 Å². The van der Waals surface area contributed by atoms with E-state index in [-0.39, 0.29) is 5.75 Å². The number of hydrogen-bond donors (Lipinski definition) is 1. The van der Waals surface area contributed by atoms with Crippen molar-refractivity contribution in [2.24, 2.45) is 0 Å². The fourth-order valence-electron chi connectivity index (χ4n) is 2.47. The van der Waals surface area contributed by atoms with Gasteiger partial charge < -0.3 is 14.8 Å². The van der Waals surface area contributed by atoms with Crippen LogP contribution in [0, 0.1) is 0 Å². The summed E-state index contributed by atoms with van der Waals surface area (Å²) in [6.07, 6.45) is 0. The van der Waals surface area contributed by atoms with Gasteiger partial charge in [0.1, 0.15) is 0 Å². The first-order chi connectivity index (χ1) is 9.60. The maximum absolute atomic E-state index is 12.6. The summed E-state index contributed by atoms with van der Waals surface area (Å²) in [7, 11) is 1.45. The van der Waals surface area contributed by atoms with Gasteiger partial charge in [-0.15, -0.1) is 0 Å². The summed E-state index contributed by atoms with van der Waals surface area (Å²) >= 11 is 0. The second-order valence-electron chi connectivity index (χ2n) is 4.92. The summed E-state index contributed by atoms with van der Waals surface area (Å²) in [4.78, 5) is 2.22. The minimum Gasteiger partial charge on any atom is -0.493 e. The first-order valence-electron chi connectivity index (χ1n) is 6.66. The molecule has 0 aromatic heterocycles. The van der Waals surface area contributed by atoms with Crippen LogP contribution >= 0.6 is 0 Å². The molecule has 0 saturated carbocycles. The third-order valence-corrected chi connectivity index (χ3v) is 3.33. The summed E-state index contributed by atoms with van der Waals surface area (Å²) in [5.41, 5.74) is 0.721. The molecule has 20 heavy (non-hydrogen) atoms. The van der Waals surface area contributed by atoms with Crippen LogP contribution in [0.5, 0.6) is 11.5 Å². The van der Waals surface area contributed by atoms with Gasteiger partial charge >= 0.3 is 6.61 Å². The van der Waals surface area contributed by atoms with Crippen molar-refractivity contribution in [3.8, 4) is 11.5 Å². The minimum absolute atomic E-state index is 0.135. The van der Waals surface area contributed by atoms with Crippen molar-refractivity contribution in [1.29, 1.82) is 0 Å². The summed E-state index contributed by atoms with van der Waals surface area (Å²) in [6, 6.07) is 5.61. The van der Waals surface area contributed by atoms with Gasteiger partial charge in [0.05, 0.1) is 7.11 Å². The van der Waals surface area contributed by atoms with Gasteiger partial charge in [-0.2, -0.15) is 8.78 Å². The zero-order valence-electron chi connectivity index (χ0n) is 11.7. The first-order valence-corrected chi connectivity index (χ1v) is 6.66. The molecule has 1 fully saturated rings. The summed E-state index contributed by atoms with van der Waals surface area (Å²) in [5, 5.41) is 3.35. The number of halogens is 2. The Morgan fingerprint density at radius 3 is 2.90 bits per heavy atom. The molecule has 0 unspecified atom stereocenters. The first kappa shape index (κ1) is 15.0. The Balaban J connectivity index is 2.17. The predicted molar refractivity (Wildman–Crippen MR) is 72.4 cm³/mol. The number of alkyl halides is 2. The van der Waals surface area contributed by atoms with Gasteiger partial charge in [0.2, 0.25) is 0 Å². The van der Waals surface area contributed by atoms with Crippen LogP contribution in [-0.4, -0.2) is 44.3 Å². The number of para-hydroxylation sites is 1. The van der Waals surface area contributed by atoms with Crippen molar-refractivity contribution >= 4 is 0 Å². The second-order valence-corrected chi connectivity index (χ2v) is 4.92. The third kappa shape index (κ3) is 3.80. The van der Waals surface area contributed by atoms with Crippen molar-refractivity contribution in [2.45, 2.75) is 26.1 Å². The van der Waals surface area contributed by atoms with Crippen LogP contribution in [-0.2, 0) is 6.54 Å². The number of ether oxygens (including phenoxy) is 2. The van der Waals surface area contributed by atoms with E-state index in [4.69, 9.17) is 4.74 Å². The second kappa shape index (κ2) is 6.85. The van der Waals surface area contributed by atoms with Crippen LogP contribution in [0.1, 0.15) is 12.5 Å². The zero-order chi connectivity index (χ0) is 14.5. The van der Waals surface area contributed by atoms with Gasteiger partial charge in [0, 0.05) is 37.8 Å². The lowest BCUT2D eigenvalue weighted by atomic mass is 10.1. The molecule has 1 aromatic carbocycles. The molecule has 1 saturated heterocycles. The zero-order valence-corrected chi connectivity index (χ0v) is 11.7. The predicted octanol–water partition coefficient (Wildman–Crippen LogP) is 2.09. The molecule has 4 nitrogen and oxygen atoms in total. The molecule has 6 heteroatoms. The largest absolute Gasteiger partial charge is 0.493 e. The summed E-state index contributed by atoms with van der Waals surface area (Å²) in [6.45, 7) is 2.49. The number of rotatable bonds is 5. The van der Waals surface area contributed by atoms with E-state index in [0.717, 1.165) is 25.2 Å². The standard InChI is InChI=1S/C14H20F2N2O2/c1-10-8-18(7-6-17-10)9-11-4-3-5-12(19-2)13(11)20-14(15)16/h3-5,10,14,17H,6-9H2,1-2H3/t10-/m0/s1. The van der Waals surface area contributed by atoms with Crippen molar-refractivity contribution in [1.82, 2.24) is 10.2 Å². The van der Waals surface area contributed by atoms with Gasteiger partial charge in [-0.05, 0) is 13.0 Å². The lowest BCUT2D eigenvalue weighted by Gasteiger charge is -2.32. The minimum atomic E-state index is -2.85. The normalized spacial score (nSPS) is 20.1. The van der Waals surface area contributed by atoms with Crippen LogP contribution in [0.4, 0.5) is 8.78 Å². The molecule has 0 radical (unpaired) electrons. The number of nitrogens with one attached hydrogen (secondary N) is 1. The van der Waals surface area contributed by atoms with E-state index in [1.54, 1.807) is 18.2 Å². The van der Waals surface area contributed by atoms with E-state index in [1.807, 2.05) is 0 Å². The van der Waals surface area contributed by atoms with Crippen molar-refractivity contribution in [3.05, 3.63) is 23.8 Å². The molecule has 1 aliphatic heterocycles. The molecule has 1 heterocycles. The number of nitrogens with zero attached hydrogens (tertiary/aromatic N) is 1. The van der Waals surface area contributed by atoms with E-state index in [9.17, 15) is 8.78 Å². The van der Waals surface area contributed by atoms with Crippen molar-refractivity contribution in [3.63, 3.8) is 0 Å². The molecule has 1 aliphatic rings. The number of hydrogen-bond acceptors (Lipinski definition) is 4. The molecule has 1 N–H and O–H groups in total. The molecule has 0 spiro atoms. The van der Waals surface area contributed by atoms with Crippen molar-refractivity contribution in [2.75, 3.05) is 26.7 Å². The van der Waals surface area contributed by atoms with Gasteiger partial charge in [-0.25, -0.2) is 0 Å². The molecule has 1 aromatic rings. The van der Waals surface area contributed by atoms with E-state index < -0.39 is 6.61 Å². The lowest BCUT2D eigenvalue weighted by Crippen LogP contribution is -2.48. The number of benzene rings is 1. The Labute approximate surface area is 117 Å². The molecule has 1 atom stereocenters. The highest BCUT2D eigenvalue weighted by molar-refractivity contribution is 5.46. The molecular formula is C14H20F2N2O2. The Bertz CT molecular complexity index is 443. The van der Waals surface area contributed by atoms with Crippen LogP contribution in [0.15, 0.2) is 18.2 Å². The highest BCUT2D eigenvalue weighted by atomic mass is 19.3. The molecule has 112 valence electrons. The highest BCUT2D eigenvalue weighted by Gasteiger charge is 2.20. The van der Waals surface area contributed by atoms with E-state index >= 15 is 0 Å². The van der Waals surface area contributed by atoms with Crippen LogP contribution in [0.3, 0.4) is 0 Å². The monoisotopic (exact) mass is 286 g/mol. The molecular weight excluding hydrogens is 266 g/mol. The third-order valence-electron chi connectivity index (χ3n) is 3.33. The van der Waals surface area contributed by atoms with Crippen LogP contribution < -0.4 is 14.8 Å². The summed E-state index contributed by atoms with van der Waals surface area (Å²) < 4.78 is 34.9. The van der Waals surface area contributed by atoms with E-state index in [0.29, 0.717) is 18.3 Å². The Morgan fingerprint density at radius 1 is 1.45 bits per heavy atom. The van der Waals surface area contributed by atoms with Gasteiger partial charge in [-0.3, -0.25) is 4.90 Å². The Hall–Kier alpha value is -1.40. The quantitative estimate of drug-likeness (QED) is 0.898. The van der Waals surface area contributed by atoms with E-state index in [2.05, 4.69) is 21.9 Å². The van der Waals surface area contributed by atoms with Gasteiger partial charge in [0.25, 0.3) is 0 Å². The maximum Gasteiger partial charge on any atom is 0.387 e. The molecule has 0 amide bonds. The fraction of sp³-hybridized carbons (Fsp3) is 0.571.